The molecule has 2 heterocycles. The molecule has 3 rings (SSSR count). The van der Waals surface area contributed by atoms with Gasteiger partial charge in [-0.3, -0.25) is 9.69 Å². The van der Waals surface area contributed by atoms with Gasteiger partial charge in [0, 0.05) is 37.6 Å². The van der Waals surface area contributed by atoms with Gasteiger partial charge < -0.3 is 4.90 Å². The third-order valence-electron chi connectivity index (χ3n) is 4.29. The van der Waals surface area contributed by atoms with Crippen molar-refractivity contribution >= 4 is 17.2 Å². The second kappa shape index (κ2) is 7.58. The first-order chi connectivity index (χ1) is 11.9. The predicted octanol–water partition coefficient (Wildman–Crippen LogP) is 3.65. The van der Waals surface area contributed by atoms with Gasteiger partial charge in [0.15, 0.2) is 0 Å². The van der Waals surface area contributed by atoms with Crippen LogP contribution in [0.15, 0.2) is 41.8 Å². The normalized spacial score (nSPS) is 16.2. The van der Waals surface area contributed by atoms with Gasteiger partial charge in [0.05, 0.1) is 12.0 Å². The van der Waals surface area contributed by atoms with Gasteiger partial charge in [-0.25, -0.2) is 0 Å². The monoisotopic (exact) mass is 368 g/mol. The summed E-state index contributed by atoms with van der Waals surface area (Å²) >= 11 is 1.71. The standard InChI is InChI=1S/C18H19F3N2OS/c19-18(20,21)15-4-1-3-14(11-15)12-17(24)23-8-6-22(7-9-23)13-16-5-2-10-25-16/h1-5,10-11H,6-9,12-13H2. The number of carbonyl (C=O) groups excluding carboxylic acids is 1. The third-order valence-corrected chi connectivity index (χ3v) is 5.16. The van der Waals surface area contributed by atoms with Crippen molar-refractivity contribution in [1.82, 2.24) is 9.80 Å². The molecule has 0 atom stereocenters. The fourth-order valence-electron chi connectivity index (χ4n) is 2.92. The molecule has 0 unspecified atom stereocenters. The SMILES string of the molecule is O=C(Cc1cccc(C(F)(F)F)c1)N1CCN(Cc2cccs2)CC1. The van der Waals surface area contributed by atoms with Crippen molar-refractivity contribution in [3.05, 3.63) is 57.8 Å². The van der Waals surface area contributed by atoms with Crippen LogP contribution in [0.5, 0.6) is 0 Å². The van der Waals surface area contributed by atoms with Crippen LogP contribution in [0.3, 0.4) is 0 Å². The molecule has 1 aromatic heterocycles. The minimum atomic E-state index is -4.38. The van der Waals surface area contributed by atoms with E-state index in [2.05, 4.69) is 11.0 Å². The van der Waals surface area contributed by atoms with E-state index in [9.17, 15) is 18.0 Å². The Morgan fingerprint density at radius 1 is 1.08 bits per heavy atom. The summed E-state index contributed by atoms with van der Waals surface area (Å²) in [6.07, 6.45) is -4.37. The van der Waals surface area contributed by atoms with Crippen molar-refractivity contribution in [2.45, 2.75) is 19.1 Å². The molecule has 1 saturated heterocycles. The number of benzene rings is 1. The number of nitrogens with zero attached hydrogens (tertiary/aromatic N) is 2. The van der Waals surface area contributed by atoms with Gasteiger partial charge in [-0.1, -0.05) is 24.3 Å². The zero-order valence-corrected chi connectivity index (χ0v) is 14.4. The van der Waals surface area contributed by atoms with Gasteiger partial charge in [-0.05, 0) is 23.1 Å². The van der Waals surface area contributed by atoms with Crippen LogP contribution >= 0.6 is 11.3 Å². The molecule has 1 aliphatic heterocycles. The molecule has 134 valence electrons. The summed E-state index contributed by atoms with van der Waals surface area (Å²) in [4.78, 5) is 17.7. The Kier molecular flexibility index (Phi) is 5.44. The van der Waals surface area contributed by atoms with Gasteiger partial charge in [-0.15, -0.1) is 11.3 Å². The smallest absolute Gasteiger partial charge is 0.340 e. The molecule has 0 saturated carbocycles. The number of hydrogen-bond acceptors (Lipinski definition) is 3. The van der Waals surface area contributed by atoms with Crippen LogP contribution in [0.4, 0.5) is 13.2 Å². The number of carbonyl (C=O) groups is 1. The summed E-state index contributed by atoms with van der Waals surface area (Å²) in [5.74, 6) is -0.116. The molecular formula is C18H19F3N2OS. The Bertz CT molecular complexity index is 707. The number of halogens is 3. The number of piperazine rings is 1. The lowest BCUT2D eigenvalue weighted by Gasteiger charge is -2.34. The maximum Gasteiger partial charge on any atom is 0.416 e. The maximum atomic E-state index is 12.8. The van der Waals surface area contributed by atoms with Crippen molar-refractivity contribution < 1.29 is 18.0 Å². The zero-order valence-electron chi connectivity index (χ0n) is 13.6. The molecule has 7 heteroatoms. The minimum absolute atomic E-state index is 0.00877. The van der Waals surface area contributed by atoms with Crippen LogP contribution in [-0.2, 0) is 23.9 Å². The summed E-state index contributed by atoms with van der Waals surface area (Å²) in [5.41, 5.74) is -0.306. The first kappa shape index (κ1) is 17.9. The van der Waals surface area contributed by atoms with E-state index in [1.807, 2.05) is 11.4 Å². The van der Waals surface area contributed by atoms with Crippen molar-refractivity contribution in [2.75, 3.05) is 26.2 Å². The predicted molar refractivity (Wildman–Crippen MR) is 91.3 cm³/mol. The fourth-order valence-corrected chi connectivity index (χ4v) is 3.67. The van der Waals surface area contributed by atoms with Gasteiger partial charge in [-0.2, -0.15) is 13.2 Å². The summed E-state index contributed by atoms with van der Waals surface area (Å²) in [6.45, 7) is 3.68. The number of rotatable bonds is 4. The number of alkyl halides is 3. The Morgan fingerprint density at radius 2 is 1.84 bits per heavy atom. The molecule has 25 heavy (non-hydrogen) atoms. The van der Waals surface area contributed by atoms with E-state index in [0.29, 0.717) is 18.7 Å². The lowest BCUT2D eigenvalue weighted by Crippen LogP contribution is -2.48. The van der Waals surface area contributed by atoms with Crippen LogP contribution < -0.4 is 0 Å². The summed E-state index contributed by atoms with van der Waals surface area (Å²) in [6, 6.07) is 9.12. The minimum Gasteiger partial charge on any atom is -0.340 e. The van der Waals surface area contributed by atoms with Crippen LogP contribution in [0.2, 0.25) is 0 Å². The molecule has 0 aliphatic carbocycles. The Morgan fingerprint density at radius 3 is 2.48 bits per heavy atom. The van der Waals surface area contributed by atoms with E-state index in [-0.39, 0.29) is 12.3 Å². The average Bonchev–Trinajstić information content (AvgIpc) is 3.08. The lowest BCUT2D eigenvalue weighted by atomic mass is 10.1. The van der Waals surface area contributed by atoms with Crippen molar-refractivity contribution in [1.29, 1.82) is 0 Å². The molecule has 0 bridgehead atoms. The Hall–Kier alpha value is -1.86. The quantitative estimate of drug-likeness (QED) is 0.822. The Balaban J connectivity index is 1.53. The molecule has 3 nitrogen and oxygen atoms in total. The van der Waals surface area contributed by atoms with E-state index in [4.69, 9.17) is 0 Å². The maximum absolute atomic E-state index is 12.8. The second-order valence-corrected chi connectivity index (χ2v) is 7.14. The van der Waals surface area contributed by atoms with E-state index >= 15 is 0 Å². The Labute approximate surface area is 148 Å². The summed E-state index contributed by atoms with van der Waals surface area (Å²) in [7, 11) is 0. The molecule has 1 fully saturated rings. The molecule has 1 amide bonds. The van der Waals surface area contributed by atoms with Gasteiger partial charge >= 0.3 is 6.18 Å². The van der Waals surface area contributed by atoms with E-state index in [1.54, 1.807) is 22.3 Å². The first-order valence-electron chi connectivity index (χ1n) is 8.10. The highest BCUT2D eigenvalue weighted by molar-refractivity contribution is 7.09. The van der Waals surface area contributed by atoms with Crippen molar-refractivity contribution in [3.63, 3.8) is 0 Å². The second-order valence-electron chi connectivity index (χ2n) is 6.11. The molecule has 0 N–H and O–H groups in total. The number of thiophene rings is 1. The van der Waals surface area contributed by atoms with Crippen LogP contribution in [0.25, 0.3) is 0 Å². The van der Waals surface area contributed by atoms with Gasteiger partial charge in [0.25, 0.3) is 0 Å². The highest BCUT2D eigenvalue weighted by Gasteiger charge is 2.30. The molecule has 0 radical (unpaired) electrons. The van der Waals surface area contributed by atoms with E-state index in [0.717, 1.165) is 31.8 Å². The zero-order chi connectivity index (χ0) is 17.9. The van der Waals surface area contributed by atoms with Crippen LogP contribution in [0, 0.1) is 0 Å². The number of hydrogen-bond donors (Lipinski definition) is 0. The molecule has 1 aromatic carbocycles. The highest BCUT2D eigenvalue weighted by Crippen LogP contribution is 2.29. The molecule has 0 spiro atoms. The molecule has 1 aliphatic rings. The van der Waals surface area contributed by atoms with Crippen LogP contribution in [0.1, 0.15) is 16.0 Å². The lowest BCUT2D eigenvalue weighted by molar-refractivity contribution is -0.138. The van der Waals surface area contributed by atoms with Gasteiger partial charge in [0.1, 0.15) is 0 Å². The molecular weight excluding hydrogens is 349 g/mol. The highest BCUT2D eigenvalue weighted by atomic mass is 32.1. The topological polar surface area (TPSA) is 23.6 Å². The number of amides is 1. The van der Waals surface area contributed by atoms with Gasteiger partial charge in [0.2, 0.25) is 5.91 Å². The largest absolute Gasteiger partial charge is 0.416 e. The van der Waals surface area contributed by atoms with E-state index < -0.39 is 11.7 Å². The summed E-state index contributed by atoms with van der Waals surface area (Å²) in [5, 5.41) is 2.05. The fraction of sp³-hybridized carbons (Fsp3) is 0.389. The third kappa shape index (κ3) is 4.83. The van der Waals surface area contributed by atoms with Crippen molar-refractivity contribution in [3.8, 4) is 0 Å². The van der Waals surface area contributed by atoms with Crippen molar-refractivity contribution in [2.24, 2.45) is 0 Å². The van der Waals surface area contributed by atoms with Crippen LogP contribution in [-0.4, -0.2) is 41.9 Å². The molecule has 2 aromatic rings. The van der Waals surface area contributed by atoms with E-state index in [1.165, 1.54) is 10.9 Å². The summed E-state index contributed by atoms with van der Waals surface area (Å²) < 4.78 is 38.3. The first-order valence-corrected chi connectivity index (χ1v) is 8.98. The average molecular weight is 368 g/mol.